The van der Waals surface area contributed by atoms with Crippen LogP contribution < -0.4 is 0 Å². The van der Waals surface area contributed by atoms with Crippen LogP contribution in [0.5, 0.6) is 0 Å². The van der Waals surface area contributed by atoms with Crippen molar-refractivity contribution in [1.29, 1.82) is 5.26 Å². The van der Waals surface area contributed by atoms with Crippen LogP contribution in [-0.4, -0.2) is 14.7 Å². The lowest BCUT2D eigenvalue weighted by Crippen LogP contribution is -2.05. The van der Waals surface area contributed by atoms with Crippen LogP contribution in [0.1, 0.15) is 28.4 Å². The smallest absolute Gasteiger partial charge is 0.262 e. The van der Waals surface area contributed by atoms with Gasteiger partial charge < -0.3 is 0 Å². The van der Waals surface area contributed by atoms with E-state index in [1.807, 2.05) is 0 Å². The molecule has 0 heterocycles. The number of halogens is 1. The van der Waals surface area contributed by atoms with Gasteiger partial charge in [-0.05, 0) is 18.1 Å². The topological polar surface area (TPSA) is 75.0 Å². The average molecular weight is 258 g/mol. The maximum Gasteiger partial charge on any atom is 0.262 e. The Hall–Kier alpha value is -1.38. The third kappa shape index (κ3) is 2.23. The molecule has 0 aliphatic carbocycles. The molecule has 16 heavy (non-hydrogen) atoms. The highest BCUT2D eigenvalue weighted by atomic mass is 35.7. The summed E-state index contributed by atoms with van der Waals surface area (Å²) >= 11 is 0. The number of benzene rings is 1. The fourth-order valence-electron chi connectivity index (χ4n) is 1.43. The zero-order chi connectivity index (χ0) is 12.3. The van der Waals surface area contributed by atoms with Gasteiger partial charge in [0.05, 0.1) is 22.1 Å². The molecular formula is C10H8ClNO3S. The Kier molecular flexibility index (Phi) is 3.68. The molecule has 0 atom stereocenters. The molecular weight excluding hydrogens is 250 g/mol. The van der Waals surface area contributed by atoms with Gasteiger partial charge in [-0.2, -0.15) is 5.26 Å². The Labute approximate surface area is 97.9 Å². The second kappa shape index (κ2) is 4.64. The molecule has 0 bridgehead atoms. The third-order valence-electron chi connectivity index (χ3n) is 2.14. The maximum atomic E-state index is 11.4. The number of nitrogens with zero attached hydrogens (tertiary/aromatic N) is 1. The first kappa shape index (κ1) is 12.7. The lowest BCUT2D eigenvalue weighted by molar-refractivity contribution is 0.112. The maximum absolute atomic E-state index is 11.4. The normalized spacial score (nSPS) is 10.8. The van der Waals surface area contributed by atoms with Gasteiger partial charge in [-0.1, -0.05) is 13.0 Å². The van der Waals surface area contributed by atoms with Crippen molar-refractivity contribution in [3.05, 3.63) is 28.8 Å². The van der Waals surface area contributed by atoms with E-state index in [0.29, 0.717) is 18.3 Å². The first-order valence-corrected chi connectivity index (χ1v) is 6.72. The van der Waals surface area contributed by atoms with Crippen LogP contribution >= 0.6 is 10.7 Å². The average Bonchev–Trinajstić information content (AvgIpc) is 2.25. The van der Waals surface area contributed by atoms with E-state index in [1.165, 1.54) is 12.1 Å². The summed E-state index contributed by atoms with van der Waals surface area (Å²) < 4.78 is 22.7. The molecule has 0 N–H and O–H groups in total. The zero-order valence-corrected chi connectivity index (χ0v) is 9.97. The lowest BCUT2D eigenvalue weighted by atomic mass is 10.0. The highest BCUT2D eigenvalue weighted by Gasteiger charge is 2.22. The van der Waals surface area contributed by atoms with Gasteiger partial charge >= 0.3 is 0 Å². The molecule has 1 aromatic rings. The van der Waals surface area contributed by atoms with Crippen molar-refractivity contribution < 1.29 is 13.2 Å². The summed E-state index contributed by atoms with van der Waals surface area (Å²) in [4.78, 5) is 10.6. The van der Waals surface area contributed by atoms with Crippen LogP contribution in [0.15, 0.2) is 17.0 Å². The fraction of sp³-hybridized carbons (Fsp3) is 0.200. The van der Waals surface area contributed by atoms with Crippen molar-refractivity contribution >= 4 is 26.0 Å². The van der Waals surface area contributed by atoms with Gasteiger partial charge in [-0.25, -0.2) is 8.42 Å². The summed E-state index contributed by atoms with van der Waals surface area (Å²) in [5.74, 6) is 0. The molecule has 0 aliphatic rings. The molecule has 0 radical (unpaired) electrons. The molecule has 84 valence electrons. The van der Waals surface area contributed by atoms with Crippen LogP contribution in [0.3, 0.4) is 0 Å². The molecule has 0 unspecified atom stereocenters. The minimum absolute atomic E-state index is 0.00595. The van der Waals surface area contributed by atoms with Gasteiger partial charge in [0.15, 0.2) is 6.29 Å². The van der Waals surface area contributed by atoms with E-state index >= 15 is 0 Å². The van der Waals surface area contributed by atoms with Gasteiger partial charge in [-0.15, -0.1) is 0 Å². The predicted molar refractivity (Wildman–Crippen MR) is 59.0 cm³/mol. The van der Waals surface area contributed by atoms with Gasteiger partial charge in [0.2, 0.25) is 0 Å². The van der Waals surface area contributed by atoms with E-state index in [1.54, 1.807) is 13.0 Å². The van der Waals surface area contributed by atoms with Crippen molar-refractivity contribution in [2.75, 3.05) is 0 Å². The molecule has 0 saturated heterocycles. The van der Waals surface area contributed by atoms with E-state index in [0.717, 1.165) is 0 Å². The minimum Gasteiger partial charge on any atom is -0.298 e. The Morgan fingerprint density at radius 1 is 1.50 bits per heavy atom. The highest BCUT2D eigenvalue weighted by molar-refractivity contribution is 8.13. The Bertz CT molecular complexity index is 572. The number of carbonyl (C=O) groups is 1. The number of carbonyl (C=O) groups excluding carboxylic acids is 1. The van der Waals surface area contributed by atoms with E-state index in [4.69, 9.17) is 15.9 Å². The summed E-state index contributed by atoms with van der Waals surface area (Å²) in [6.07, 6.45) is 0.751. The van der Waals surface area contributed by atoms with Crippen LogP contribution in [0, 0.1) is 11.3 Å². The predicted octanol–water partition coefficient (Wildman–Crippen LogP) is 1.86. The van der Waals surface area contributed by atoms with Gasteiger partial charge in [0.1, 0.15) is 0 Å². The van der Waals surface area contributed by atoms with Crippen molar-refractivity contribution in [3.63, 3.8) is 0 Å². The minimum atomic E-state index is -4.03. The van der Waals surface area contributed by atoms with E-state index in [2.05, 4.69) is 0 Å². The Balaban J connectivity index is 3.79. The van der Waals surface area contributed by atoms with E-state index < -0.39 is 9.05 Å². The molecule has 0 saturated carbocycles. The molecule has 6 heteroatoms. The number of hydrogen-bond donors (Lipinski definition) is 0. The standard InChI is InChI=1S/C10H8ClNO3S/c1-2-7-3-4-8(5-12)9(6-13)10(7)16(11,14)15/h3-4,6H,2H2,1H3. The molecule has 0 amide bonds. The number of nitriles is 1. The molecule has 0 aliphatic heterocycles. The van der Waals surface area contributed by atoms with Crippen molar-refractivity contribution in [3.8, 4) is 6.07 Å². The summed E-state index contributed by atoms with van der Waals surface area (Å²) in [7, 11) is 1.23. The lowest BCUT2D eigenvalue weighted by Gasteiger charge is -2.08. The molecule has 0 spiro atoms. The number of hydrogen-bond acceptors (Lipinski definition) is 4. The fourth-order valence-corrected chi connectivity index (χ4v) is 2.92. The Morgan fingerprint density at radius 2 is 2.12 bits per heavy atom. The number of rotatable bonds is 3. The second-order valence-electron chi connectivity index (χ2n) is 3.04. The van der Waals surface area contributed by atoms with Gasteiger partial charge in [0.25, 0.3) is 9.05 Å². The Morgan fingerprint density at radius 3 is 2.50 bits per heavy atom. The number of aryl methyl sites for hydroxylation is 1. The zero-order valence-electron chi connectivity index (χ0n) is 8.40. The van der Waals surface area contributed by atoms with Crippen molar-refractivity contribution in [2.24, 2.45) is 0 Å². The molecule has 0 fully saturated rings. The van der Waals surface area contributed by atoms with Crippen LogP contribution in [-0.2, 0) is 15.5 Å². The highest BCUT2D eigenvalue weighted by Crippen LogP contribution is 2.26. The van der Waals surface area contributed by atoms with Crippen LogP contribution in [0.2, 0.25) is 0 Å². The quantitative estimate of drug-likeness (QED) is 0.612. The second-order valence-corrected chi connectivity index (χ2v) is 5.54. The first-order valence-electron chi connectivity index (χ1n) is 4.41. The monoisotopic (exact) mass is 257 g/mol. The number of aldehydes is 1. The first-order chi connectivity index (χ1) is 7.45. The van der Waals surface area contributed by atoms with Gasteiger partial charge in [-0.3, -0.25) is 4.79 Å². The van der Waals surface area contributed by atoms with Crippen LogP contribution in [0.25, 0.3) is 0 Å². The summed E-state index contributed by atoms with van der Waals surface area (Å²) in [5.41, 5.74) is 0.263. The molecule has 0 aromatic heterocycles. The van der Waals surface area contributed by atoms with Crippen molar-refractivity contribution in [2.45, 2.75) is 18.2 Å². The van der Waals surface area contributed by atoms with E-state index in [-0.39, 0.29) is 16.0 Å². The summed E-state index contributed by atoms with van der Waals surface area (Å²) in [6, 6.07) is 4.65. The third-order valence-corrected chi connectivity index (χ3v) is 3.57. The van der Waals surface area contributed by atoms with Gasteiger partial charge in [0, 0.05) is 10.7 Å². The SMILES string of the molecule is CCc1ccc(C#N)c(C=O)c1S(=O)(=O)Cl. The molecule has 1 rings (SSSR count). The van der Waals surface area contributed by atoms with E-state index in [9.17, 15) is 13.2 Å². The summed E-state index contributed by atoms with van der Waals surface area (Å²) in [5, 5.41) is 8.76. The largest absolute Gasteiger partial charge is 0.298 e. The van der Waals surface area contributed by atoms with Crippen molar-refractivity contribution in [1.82, 2.24) is 0 Å². The molecule has 4 nitrogen and oxygen atoms in total. The summed E-state index contributed by atoms with van der Waals surface area (Å²) in [6.45, 7) is 1.74. The van der Waals surface area contributed by atoms with Crippen LogP contribution in [0.4, 0.5) is 0 Å². The molecule has 1 aromatic carbocycles.